The van der Waals surface area contributed by atoms with Crippen molar-refractivity contribution in [1.82, 2.24) is 15.1 Å². The average Bonchev–Trinajstić information content (AvgIpc) is 3.45. The highest BCUT2D eigenvalue weighted by molar-refractivity contribution is 5.75. The Morgan fingerprint density at radius 1 is 0.927 bits per heavy atom. The van der Waals surface area contributed by atoms with Gasteiger partial charge in [0.05, 0.1) is 11.1 Å². The standard InChI is InChI=1S/C31H24F3N3O4/c1-19(38)8-9-20-10-12-25(13-11-20)40-18-21-4-2-6-23(16-21)30-36-28(37-41-30)26-14-15-27(35-29(26)39)22-5-3-7-24(17-22)31(32,33)34/h2-7,10-17H,8-9,18H2,1H3,(H,35,39). The van der Waals surface area contributed by atoms with Crippen LogP contribution in [0.3, 0.4) is 0 Å². The van der Waals surface area contributed by atoms with Crippen LogP contribution in [0.5, 0.6) is 5.75 Å². The van der Waals surface area contributed by atoms with E-state index in [0.29, 0.717) is 24.2 Å². The van der Waals surface area contributed by atoms with Crippen molar-refractivity contribution in [1.29, 1.82) is 0 Å². The fraction of sp³-hybridized carbons (Fsp3) is 0.161. The highest BCUT2D eigenvalue weighted by Crippen LogP contribution is 2.32. The maximum atomic E-state index is 13.1. The summed E-state index contributed by atoms with van der Waals surface area (Å²) in [6.07, 6.45) is -3.30. The molecule has 0 spiro atoms. The number of aromatic amines is 1. The van der Waals surface area contributed by atoms with Crippen LogP contribution in [0.2, 0.25) is 0 Å². The minimum atomic E-state index is -4.50. The summed E-state index contributed by atoms with van der Waals surface area (Å²) < 4.78 is 50.5. The first kappa shape index (κ1) is 27.6. The van der Waals surface area contributed by atoms with Gasteiger partial charge in [-0.2, -0.15) is 18.2 Å². The minimum absolute atomic E-state index is 0.0448. The zero-order valence-electron chi connectivity index (χ0n) is 21.9. The van der Waals surface area contributed by atoms with Gasteiger partial charge in [-0.15, -0.1) is 0 Å². The molecule has 0 saturated carbocycles. The first-order valence-electron chi connectivity index (χ1n) is 12.7. The maximum absolute atomic E-state index is 13.1. The molecule has 3 aromatic carbocycles. The van der Waals surface area contributed by atoms with Crippen LogP contribution in [-0.4, -0.2) is 20.9 Å². The molecule has 0 atom stereocenters. The molecule has 1 N–H and O–H groups in total. The molecule has 0 unspecified atom stereocenters. The largest absolute Gasteiger partial charge is 0.489 e. The molecule has 208 valence electrons. The van der Waals surface area contributed by atoms with Crippen molar-refractivity contribution in [2.24, 2.45) is 0 Å². The van der Waals surface area contributed by atoms with Gasteiger partial charge < -0.3 is 19.0 Å². The van der Waals surface area contributed by atoms with Crippen LogP contribution >= 0.6 is 0 Å². The Morgan fingerprint density at radius 2 is 1.68 bits per heavy atom. The normalized spacial score (nSPS) is 11.4. The summed E-state index contributed by atoms with van der Waals surface area (Å²) in [6.45, 7) is 1.86. The molecule has 2 aromatic heterocycles. The van der Waals surface area contributed by atoms with Crippen molar-refractivity contribution in [2.45, 2.75) is 32.5 Å². The van der Waals surface area contributed by atoms with Crippen LogP contribution in [0.1, 0.15) is 30.0 Å². The van der Waals surface area contributed by atoms with Crippen molar-refractivity contribution < 1.29 is 27.2 Å². The number of rotatable bonds is 9. The summed E-state index contributed by atoms with van der Waals surface area (Å²) in [5.41, 5.74) is 1.73. The van der Waals surface area contributed by atoms with Crippen LogP contribution in [0, 0.1) is 0 Å². The van der Waals surface area contributed by atoms with Crippen LogP contribution < -0.4 is 10.3 Å². The van der Waals surface area contributed by atoms with Crippen LogP contribution in [0.4, 0.5) is 13.2 Å². The third kappa shape index (κ3) is 6.78. The second-order valence-corrected chi connectivity index (χ2v) is 9.45. The zero-order valence-corrected chi connectivity index (χ0v) is 21.9. The number of Topliss-reactive ketones (excluding diaryl/α,β-unsaturated/α-hetero) is 1. The molecule has 7 nitrogen and oxygen atoms in total. The molecule has 2 heterocycles. The number of hydrogen-bond acceptors (Lipinski definition) is 6. The number of pyridine rings is 1. The molecular formula is C31H24F3N3O4. The van der Waals surface area contributed by atoms with Crippen LogP contribution in [0.25, 0.3) is 34.1 Å². The number of carbonyl (C=O) groups excluding carboxylic acids is 1. The molecule has 0 bridgehead atoms. The highest BCUT2D eigenvalue weighted by atomic mass is 19.4. The summed E-state index contributed by atoms with van der Waals surface area (Å²) in [7, 11) is 0. The highest BCUT2D eigenvalue weighted by Gasteiger charge is 2.30. The summed E-state index contributed by atoms with van der Waals surface area (Å²) in [4.78, 5) is 30.9. The quantitative estimate of drug-likeness (QED) is 0.211. The number of nitrogens with one attached hydrogen (secondary N) is 1. The van der Waals surface area contributed by atoms with E-state index in [4.69, 9.17) is 9.26 Å². The smallest absolute Gasteiger partial charge is 0.416 e. The number of ketones is 1. The lowest BCUT2D eigenvalue weighted by atomic mass is 10.1. The van der Waals surface area contributed by atoms with Gasteiger partial charge in [0.15, 0.2) is 0 Å². The average molecular weight is 560 g/mol. The summed E-state index contributed by atoms with van der Waals surface area (Å²) in [6, 6.07) is 22.6. The van der Waals surface area contributed by atoms with Gasteiger partial charge in [-0.3, -0.25) is 4.79 Å². The Kier molecular flexibility index (Phi) is 7.82. The molecule has 0 aliphatic carbocycles. The number of carbonyl (C=O) groups is 1. The van der Waals surface area contributed by atoms with Crippen molar-refractivity contribution in [3.63, 3.8) is 0 Å². The van der Waals surface area contributed by atoms with E-state index >= 15 is 0 Å². The predicted octanol–water partition coefficient (Wildman–Crippen LogP) is 6.88. The van der Waals surface area contributed by atoms with E-state index in [1.165, 1.54) is 24.3 Å². The number of halogens is 3. The van der Waals surface area contributed by atoms with E-state index in [2.05, 4.69) is 15.1 Å². The first-order valence-corrected chi connectivity index (χ1v) is 12.7. The third-order valence-corrected chi connectivity index (χ3v) is 6.35. The molecule has 0 radical (unpaired) electrons. The fourth-order valence-electron chi connectivity index (χ4n) is 4.16. The number of aryl methyl sites for hydroxylation is 1. The zero-order chi connectivity index (χ0) is 29.0. The lowest BCUT2D eigenvalue weighted by molar-refractivity contribution is -0.137. The van der Waals surface area contributed by atoms with Crippen molar-refractivity contribution in [2.75, 3.05) is 0 Å². The molecule has 0 aliphatic heterocycles. The number of alkyl halides is 3. The molecule has 41 heavy (non-hydrogen) atoms. The number of hydrogen-bond donors (Lipinski definition) is 1. The molecule has 0 fully saturated rings. The van der Waals surface area contributed by atoms with E-state index < -0.39 is 17.3 Å². The van der Waals surface area contributed by atoms with Crippen molar-refractivity contribution in [3.05, 3.63) is 112 Å². The minimum Gasteiger partial charge on any atom is -0.489 e. The molecule has 10 heteroatoms. The maximum Gasteiger partial charge on any atom is 0.416 e. The monoisotopic (exact) mass is 559 g/mol. The van der Waals surface area contributed by atoms with Crippen molar-refractivity contribution >= 4 is 5.78 Å². The SMILES string of the molecule is CC(=O)CCc1ccc(OCc2cccc(-c3nc(-c4ccc(-c5cccc(C(F)(F)F)c5)[nH]c4=O)no3)c2)cc1. The lowest BCUT2D eigenvalue weighted by Crippen LogP contribution is -2.10. The Balaban J connectivity index is 1.28. The summed E-state index contributed by atoms with van der Waals surface area (Å²) in [5.74, 6) is 1.08. The predicted molar refractivity (Wildman–Crippen MR) is 146 cm³/mol. The molecule has 0 amide bonds. The Labute approximate surface area is 232 Å². The number of H-pyrrole nitrogens is 1. The topological polar surface area (TPSA) is 98.1 Å². The number of aromatic nitrogens is 3. The van der Waals surface area contributed by atoms with Gasteiger partial charge in [0.2, 0.25) is 5.82 Å². The molecule has 5 aromatic rings. The van der Waals surface area contributed by atoms with Gasteiger partial charge in [-0.05, 0) is 78.6 Å². The van der Waals surface area contributed by atoms with Crippen LogP contribution in [-0.2, 0) is 24.0 Å². The molecule has 5 rings (SSSR count). The number of ether oxygens (including phenoxy) is 1. The van der Waals surface area contributed by atoms with Gasteiger partial charge in [0.25, 0.3) is 11.4 Å². The van der Waals surface area contributed by atoms with Gasteiger partial charge in [0, 0.05) is 17.7 Å². The number of benzene rings is 3. The van der Waals surface area contributed by atoms with Gasteiger partial charge in [-0.25, -0.2) is 0 Å². The van der Waals surface area contributed by atoms with Gasteiger partial charge >= 0.3 is 6.18 Å². The first-order chi connectivity index (χ1) is 19.7. The Bertz CT molecular complexity index is 1740. The van der Waals surface area contributed by atoms with E-state index in [1.54, 1.807) is 13.0 Å². The van der Waals surface area contributed by atoms with E-state index in [1.807, 2.05) is 42.5 Å². The van der Waals surface area contributed by atoms with Crippen molar-refractivity contribution in [3.8, 4) is 39.8 Å². The van der Waals surface area contributed by atoms with Gasteiger partial charge in [0.1, 0.15) is 18.1 Å². The van der Waals surface area contributed by atoms with E-state index in [9.17, 15) is 22.8 Å². The van der Waals surface area contributed by atoms with E-state index in [0.717, 1.165) is 23.3 Å². The second kappa shape index (κ2) is 11.6. The lowest BCUT2D eigenvalue weighted by Gasteiger charge is -2.09. The fourth-order valence-corrected chi connectivity index (χ4v) is 4.16. The van der Waals surface area contributed by atoms with E-state index in [-0.39, 0.29) is 40.9 Å². The molecule has 0 aliphatic rings. The van der Waals surface area contributed by atoms with Gasteiger partial charge in [-0.1, -0.05) is 41.6 Å². The van der Waals surface area contributed by atoms with Crippen LogP contribution in [0.15, 0.2) is 94.2 Å². The third-order valence-electron chi connectivity index (χ3n) is 6.35. The number of nitrogens with zero attached hydrogens (tertiary/aromatic N) is 2. The summed E-state index contributed by atoms with van der Waals surface area (Å²) in [5, 5.41) is 3.92. The molecule has 0 saturated heterocycles. The Morgan fingerprint density at radius 3 is 2.41 bits per heavy atom. The summed E-state index contributed by atoms with van der Waals surface area (Å²) >= 11 is 0. The second-order valence-electron chi connectivity index (χ2n) is 9.45. The molecular weight excluding hydrogens is 535 g/mol. The Hall–Kier alpha value is -4.99.